The molecule has 3 aromatic carbocycles. The number of nitrogens with one attached hydrogen (secondary N) is 2. The number of rotatable bonds is 7. The lowest BCUT2D eigenvalue weighted by atomic mass is 9.94. The number of hydrogen-bond acceptors (Lipinski definition) is 5. The zero-order valence-corrected chi connectivity index (χ0v) is 18.6. The second-order valence-electron chi connectivity index (χ2n) is 8.15. The van der Waals surface area contributed by atoms with Crippen molar-refractivity contribution in [1.82, 2.24) is 15.2 Å². The van der Waals surface area contributed by atoms with Crippen LogP contribution < -0.4 is 10.9 Å². The van der Waals surface area contributed by atoms with Crippen molar-refractivity contribution in [3.05, 3.63) is 82.3 Å². The number of methoxy groups -OCH3 is 1. The lowest BCUT2D eigenvalue weighted by molar-refractivity contribution is 0.0603. The van der Waals surface area contributed by atoms with Gasteiger partial charge in [-0.3, -0.25) is 4.79 Å². The Morgan fingerprint density at radius 3 is 2.44 bits per heavy atom. The van der Waals surface area contributed by atoms with E-state index in [4.69, 9.17) is 4.74 Å². The molecular weight excluding hydrogens is 402 g/mol. The van der Waals surface area contributed by atoms with Crippen molar-refractivity contribution in [1.29, 1.82) is 0 Å². The van der Waals surface area contributed by atoms with Crippen molar-refractivity contribution < 1.29 is 9.53 Å². The molecule has 2 N–H and O–H groups in total. The van der Waals surface area contributed by atoms with Gasteiger partial charge >= 0.3 is 5.97 Å². The Balaban J connectivity index is 1.70. The van der Waals surface area contributed by atoms with Crippen LogP contribution in [0.5, 0.6) is 0 Å². The van der Waals surface area contributed by atoms with E-state index in [2.05, 4.69) is 59.6 Å². The number of carbonyl (C=O) groups excluding carboxylic acids is 1. The van der Waals surface area contributed by atoms with Crippen LogP contribution in [0.4, 0.5) is 0 Å². The summed E-state index contributed by atoms with van der Waals surface area (Å²) in [4.78, 5) is 29.1. The van der Waals surface area contributed by atoms with E-state index < -0.39 is 5.97 Å². The van der Waals surface area contributed by atoms with E-state index in [-0.39, 0.29) is 5.56 Å². The first kappa shape index (κ1) is 21.7. The predicted molar refractivity (Wildman–Crippen MR) is 129 cm³/mol. The van der Waals surface area contributed by atoms with Gasteiger partial charge in [0.2, 0.25) is 5.56 Å². The van der Waals surface area contributed by atoms with Crippen molar-refractivity contribution in [3.8, 4) is 11.1 Å². The number of benzene rings is 3. The molecule has 0 aliphatic carbocycles. The summed E-state index contributed by atoms with van der Waals surface area (Å²) in [5.41, 5.74) is 3.60. The third-order valence-corrected chi connectivity index (χ3v) is 5.61. The van der Waals surface area contributed by atoms with Crippen molar-refractivity contribution in [3.63, 3.8) is 0 Å². The lowest BCUT2D eigenvalue weighted by Crippen LogP contribution is -2.26. The number of aromatic nitrogens is 1. The van der Waals surface area contributed by atoms with Gasteiger partial charge in [0.25, 0.3) is 0 Å². The minimum atomic E-state index is -0.420. The molecule has 0 fully saturated rings. The van der Waals surface area contributed by atoms with Gasteiger partial charge in [0.1, 0.15) is 0 Å². The van der Waals surface area contributed by atoms with Crippen molar-refractivity contribution in [2.24, 2.45) is 0 Å². The maximum Gasteiger partial charge on any atom is 0.338 e. The SMILES string of the molecule is COC(=O)c1cc2cc(=O)[nH]cc2c2cc(-c3ccc(CNCCN(C)C)cc3)ccc12. The second-order valence-corrected chi connectivity index (χ2v) is 8.15. The first-order valence-corrected chi connectivity index (χ1v) is 10.6. The number of fused-ring (bicyclic) bond motifs is 3. The van der Waals surface area contributed by atoms with Crippen molar-refractivity contribution in [2.45, 2.75) is 6.54 Å². The van der Waals surface area contributed by atoms with Gasteiger partial charge in [0.15, 0.2) is 0 Å². The fourth-order valence-corrected chi connectivity index (χ4v) is 3.88. The van der Waals surface area contributed by atoms with Crippen LogP contribution in [0.1, 0.15) is 15.9 Å². The minimum Gasteiger partial charge on any atom is -0.465 e. The molecule has 0 aliphatic rings. The van der Waals surface area contributed by atoms with Crippen LogP contribution >= 0.6 is 0 Å². The van der Waals surface area contributed by atoms with Crippen LogP contribution in [0.2, 0.25) is 0 Å². The van der Waals surface area contributed by atoms with Crippen molar-refractivity contribution >= 4 is 27.5 Å². The Kier molecular flexibility index (Phi) is 6.35. The van der Waals surface area contributed by atoms with Gasteiger partial charge in [-0.15, -0.1) is 0 Å². The number of ether oxygens (including phenoxy) is 1. The molecule has 1 aromatic heterocycles. The topological polar surface area (TPSA) is 74.4 Å². The van der Waals surface area contributed by atoms with Crippen LogP contribution in [-0.4, -0.2) is 50.1 Å². The number of hydrogen-bond donors (Lipinski definition) is 2. The highest BCUT2D eigenvalue weighted by Gasteiger charge is 2.15. The zero-order valence-electron chi connectivity index (χ0n) is 18.6. The molecule has 0 unspecified atom stereocenters. The van der Waals surface area contributed by atoms with Gasteiger partial charge in [0.05, 0.1) is 12.7 Å². The normalized spacial score (nSPS) is 11.4. The Morgan fingerprint density at radius 1 is 0.969 bits per heavy atom. The van der Waals surface area contributed by atoms with Gasteiger partial charge in [-0.2, -0.15) is 0 Å². The van der Waals surface area contributed by atoms with Crippen LogP contribution in [-0.2, 0) is 11.3 Å². The summed E-state index contributed by atoms with van der Waals surface area (Å²) in [6.45, 7) is 2.77. The Bertz CT molecular complexity index is 1320. The molecule has 0 bridgehead atoms. The molecule has 0 aliphatic heterocycles. The smallest absolute Gasteiger partial charge is 0.338 e. The number of nitrogens with zero attached hydrogens (tertiary/aromatic N) is 1. The maximum absolute atomic E-state index is 12.4. The molecule has 0 amide bonds. The Hall–Kier alpha value is -3.48. The molecule has 4 aromatic rings. The quantitative estimate of drug-likeness (QED) is 0.266. The van der Waals surface area contributed by atoms with E-state index in [0.717, 1.165) is 46.9 Å². The van der Waals surface area contributed by atoms with E-state index in [9.17, 15) is 9.59 Å². The van der Waals surface area contributed by atoms with Gasteiger partial charge in [0, 0.05) is 37.3 Å². The number of esters is 1. The molecule has 0 radical (unpaired) electrons. The molecular formula is C26H27N3O3. The molecule has 164 valence electrons. The summed E-state index contributed by atoms with van der Waals surface area (Å²) in [6.07, 6.45) is 1.70. The molecule has 0 atom stereocenters. The fraction of sp³-hybridized carbons (Fsp3) is 0.231. The fourth-order valence-electron chi connectivity index (χ4n) is 3.88. The van der Waals surface area contributed by atoms with Gasteiger partial charge in [-0.25, -0.2) is 4.79 Å². The van der Waals surface area contributed by atoms with E-state index >= 15 is 0 Å². The first-order chi connectivity index (χ1) is 15.5. The highest BCUT2D eigenvalue weighted by Crippen LogP contribution is 2.32. The summed E-state index contributed by atoms with van der Waals surface area (Å²) in [5, 5.41) is 6.73. The standard InChI is InChI=1S/C26H27N3O3/c1-29(2)11-10-27-15-17-4-6-18(7-5-17)19-8-9-21-22(12-19)24-16-28-25(30)14-20(24)13-23(21)26(31)32-3/h4-9,12-14,16,27H,10-11,15H2,1-3H3,(H,28,30). The van der Waals surface area contributed by atoms with Gasteiger partial charge in [-0.05, 0) is 59.1 Å². The van der Waals surface area contributed by atoms with Crippen molar-refractivity contribution in [2.75, 3.05) is 34.3 Å². The van der Waals surface area contributed by atoms with Crippen LogP contribution in [0.25, 0.3) is 32.7 Å². The van der Waals surface area contributed by atoms with E-state index in [1.54, 1.807) is 12.3 Å². The highest BCUT2D eigenvalue weighted by atomic mass is 16.5. The molecule has 6 heteroatoms. The van der Waals surface area contributed by atoms with Crippen LogP contribution in [0.3, 0.4) is 0 Å². The van der Waals surface area contributed by atoms with E-state index in [1.165, 1.54) is 18.7 Å². The maximum atomic E-state index is 12.4. The summed E-state index contributed by atoms with van der Waals surface area (Å²) >= 11 is 0. The number of likely N-dealkylation sites (N-methyl/N-ethyl adjacent to an activating group) is 1. The van der Waals surface area contributed by atoms with Gasteiger partial charge < -0.3 is 19.9 Å². The monoisotopic (exact) mass is 429 g/mol. The summed E-state index contributed by atoms with van der Waals surface area (Å²) in [6, 6.07) is 17.7. The molecule has 32 heavy (non-hydrogen) atoms. The Morgan fingerprint density at radius 2 is 1.72 bits per heavy atom. The molecule has 4 rings (SSSR count). The third-order valence-electron chi connectivity index (χ3n) is 5.61. The Labute approximate surface area is 186 Å². The number of pyridine rings is 1. The second kappa shape index (κ2) is 9.34. The zero-order chi connectivity index (χ0) is 22.7. The largest absolute Gasteiger partial charge is 0.465 e. The third kappa shape index (κ3) is 4.56. The average molecular weight is 430 g/mol. The van der Waals surface area contributed by atoms with E-state index in [0.29, 0.717) is 10.9 Å². The highest BCUT2D eigenvalue weighted by molar-refractivity contribution is 6.16. The molecule has 0 saturated heterocycles. The molecule has 6 nitrogen and oxygen atoms in total. The minimum absolute atomic E-state index is 0.210. The summed E-state index contributed by atoms with van der Waals surface area (Å²) in [5.74, 6) is -0.420. The number of H-pyrrole nitrogens is 1. The molecule has 1 heterocycles. The summed E-state index contributed by atoms with van der Waals surface area (Å²) < 4.78 is 4.97. The van der Waals surface area contributed by atoms with Crippen LogP contribution in [0, 0.1) is 0 Å². The number of aromatic amines is 1. The molecule has 0 spiro atoms. The predicted octanol–water partition coefficient (Wildman–Crippen LogP) is 3.79. The lowest BCUT2D eigenvalue weighted by Gasteiger charge is -2.12. The average Bonchev–Trinajstić information content (AvgIpc) is 2.80. The van der Waals surface area contributed by atoms with Crippen LogP contribution in [0.15, 0.2) is 65.6 Å². The first-order valence-electron chi connectivity index (χ1n) is 10.6. The molecule has 0 saturated carbocycles. The number of carbonyl (C=O) groups is 1. The van der Waals surface area contributed by atoms with Gasteiger partial charge in [-0.1, -0.05) is 36.4 Å². The van der Waals surface area contributed by atoms with E-state index in [1.807, 2.05) is 12.1 Å². The summed E-state index contributed by atoms with van der Waals surface area (Å²) in [7, 11) is 5.49.